The van der Waals surface area contributed by atoms with Crippen LogP contribution in [0.4, 0.5) is 0 Å². The number of hydrogen-bond acceptors (Lipinski definition) is 4. The molecule has 0 unspecified atom stereocenters. The molecule has 1 aliphatic heterocycles. The summed E-state index contributed by atoms with van der Waals surface area (Å²) in [6, 6.07) is 4.60. The van der Waals surface area contributed by atoms with Crippen molar-refractivity contribution in [1.82, 2.24) is 15.5 Å². The minimum Gasteiger partial charge on any atom is -0.354 e. The van der Waals surface area contributed by atoms with Crippen molar-refractivity contribution >= 4 is 23.6 Å². The first-order chi connectivity index (χ1) is 13.5. The van der Waals surface area contributed by atoms with Crippen molar-refractivity contribution in [1.29, 1.82) is 0 Å². The number of carbonyl (C=O) groups is 4. The van der Waals surface area contributed by atoms with Gasteiger partial charge in [0.25, 0.3) is 17.7 Å². The van der Waals surface area contributed by atoms with Crippen LogP contribution in [0.5, 0.6) is 0 Å². The predicted octanol–water partition coefficient (Wildman–Crippen LogP) is 2.26. The summed E-state index contributed by atoms with van der Waals surface area (Å²) >= 11 is 0. The summed E-state index contributed by atoms with van der Waals surface area (Å²) in [6.45, 7) is 2.57. The Bertz CT molecular complexity index is 784. The molecule has 3 rings (SSSR count). The Morgan fingerprint density at radius 2 is 1.68 bits per heavy atom. The van der Waals surface area contributed by atoms with Gasteiger partial charge in [-0.15, -0.1) is 0 Å². The van der Waals surface area contributed by atoms with Crippen LogP contribution in [0.1, 0.15) is 82.9 Å². The summed E-state index contributed by atoms with van der Waals surface area (Å²) in [6.07, 6.45) is 6.14. The van der Waals surface area contributed by atoms with Gasteiger partial charge in [0.05, 0.1) is 11.1 Å². The van der Waals surface area contributed by atoms with E-state index in [1.807, 2.05) is 6.92 Å². The molecule has 0 bridgehead atoms. The predicted molar refractivity (Wildman–Crippen MR) is 104 cm³/mol. The largest absolute Gasteiger partial charge is 0.354 e. The molecule has 28 heavy (non-hydrogen) atoms. The molecule has 7 nitrogen and oxygen atoms in total. The summed E-state index contributed by atoms with van der Waals surface area (Å²) in [5.74, 6) is -0.920. The lowest BCUT2D eigenvalue weighted by atomic mass is 9.94. The van der Waals surface area contributed by atoms with E-state index in [9.17, 15) is 19.2 Å². The molecule has 1 saturated carbocycles. The fraction of sp³-hybridized carbons (Fsp3) is 0.524. The highest BCUT2D eigenvalue weighted by Crippen LogP contribution is 2.31. The molecule has 1 aromatic rings. The van der Waals surface area contributed by atoms with Gasteiger partial charge in [0.1, 0.15) is 0 Å². The number of carbonyl (C=O) groups excluding carboxylic acids is 4. The third-order valence-electron chi connectivity index (χ3n) is 5.33. The van der Waals surface area contributed by atoms with Crippen LogP contribution in [0.2, 0.25) is 0 Å². The van der Waals surface area contributed by atoms with E-state index >= 15 is 0 Å². The van der Waals surface area contributed by atoms with Crippen molar-refractivity contribution in [2.75, 3.05) is 13.1 Å². The number of nitrogens with one attached hydrogen (secondary N) is 2. The fourth-order valence-electron chi connectivity index (χ4n) is 3.87. The van der Waals surface area contributed by atoms with Crippen LogP contribution in [0.25, 0.3) is 0 Å². The van der Waals surface area contributed by atoms with E-state index in [0.29, 0.717) is 36.2 Å². The molecular weight excluding hydrogens is 358 g/mol. The Labute approximate surface area is 164 Å². The zero-order chi connectivity index (χ0) is 20.1. The molecule has 2 aliphatic rings. The first-order valence-electron chi connectivity index (χ1n) is 10.1. The van der Waals surface area contributed by atoms with Gasteiger partial charge in [-0.3, -0.25) is 24.1 Å². The summed E-state index contributed by atoms with van der Waals surface area (Å²) in [4.78, 5) is 50.6. The number of nitrogens with zero attached hydrogens (tertiary/aromatic N) is 1. The van der Waals surface area contributed by atoms with E-state index in [-0.39, 0.29) is 29.7 Å². The van der Waals surface area contributed by atoms with Crippen LogP contribution in [-0.4, -0.2) is 47.7 Å². The van der Waals surface area contributed by atoms with Crippen LogP contribution in [0.15, 0.2) is 18.2 Å². The Kier molecular flexibility index (Phi) is 6.44. The molecule has 1 aromatic carbocycles. The molecule has 0 radical (unpaired) electrons. The molecule has 1 aliphatic carbocycles. The highest BCUT2D eigenvalue weighted by molar-refractivity contribution is 6.22. The van der Waals surface area contributed by atoms with Gasteiger partial charge < -0.3 is 10.6 Å². The van der Waals surface area contributed by atoms with Crippen LogP contribution < -0.4 is 10.6 Å². The molecule has 0 atom stereocenters. The topological polar surface area (TPSA) is 95.6 Å². The Morgan fingerprint density at radius 3 is 2.39 bits per heavy atom. The number of amides is 4. The van der Waals surface area contributed by atoms with Crippen molar-refractivity contribution < 1.29 is 19.2 Å². The van der Waals surface area contributed by atoms with E-state index in [4.69, 9.17) is 0 Å². The van der Waals surface area contributed by atoms with Crippen LogP contribution in [0, 0.1) is 0 Å². The molecule has 7 heteroatoms. The smallest absolute Gasteiger partial charge is 0.261 e. The standard InChI is InChI=1S/C21H27N3O4/c1-2-6-18(25)22-11-12-23-19(26)14-9-10-16-17(13-14)21(28)24(20(16)27)15-7-4-3-5-8-15/h9-10,13,15H,2-8,11-12H2,1H3,(H,22,25)(H,23,26). The van der Waals surface area contributed by atoms with E-state index < -0.39 is 0 Å². The van der Waals surface area contributed by atoms with Crippen molar-refractivity contribution in [2.45, 2.75) is 57.9 Å². The van der Waals surface area contributed by atoms with Gasteiger partial charge in [-0.25, -0.2) is 0 Å². The van der Waals surface area contributed by atoms with Crippen LogP contribution >= 0.6 is 0 Å². The maximum atomic E-state index is 12.8. The lowest BCUT2D eigenvalue weighted by Gasteiger charge is -2.29. The molecular formula is C21H27N3O4. The van der Waals surface area contributed by atoms with E-state index in [2.05, 4.69) is 10.6 Å². The minimum absolute atomic E-state index is 0.0369. The highest BCUT2D eigenvalue weighted by atomic mass is 16.2. The second kappa shape index (κ2) is 8.99. The van der Waals surface area contributed by atoms with Gasteiger partial charge >= 0.3 is 0 Å². The summed E-state index contributed by atoms with van der Waals surface area (Å²) in [5, 5.41) is 5.45. The minimum atomic E-state index is -0.330. The van der Waals surface area contributed by atoms with Gasteiger partial charge in [-0.1, -0.05) is 26.2 Å². The molecule has 0 spiro atoms. The van der Waals surface area contributed by atoms with Crippen molar-refractivity contribution in [3.05, 3.63) is 34.9 Å². The van der Waals surface area contributed by atoms with Crippen LogP contribution in [0.3, 0.4) is 0 Å². The second-order valence-corrected chi connectivity index (χ2v) is 7.39. The number of imide groups is 1. The van der Waals surface area contributed by atoms with E-state index in [1.54, 1.807) is 12.1 Å². The Hall–Kier alpha value is -2.70. The summed E-state index contributed by atoms with van der Waals surface area (Å²) < 4.78 is 0. The van der Waals surface area contributed by atoms with Crippen molar-refractivity contribution in [3.63, 3.8) is 0 Å². The van der Waals surface area contributed by atoms with Crippen molar-refractivity contribution in [3.8, 4) is 0 Å². The average molecular weight is 385 g/mol. The molecule has 0 aromatic heterocycles. The SMILES string of the molecule is CCCC(=O)NCCNC(=O)c1ccc2c(c1)C(=O)N(C1CCCCC1)C2=O. The Morgan fingerprint density at radius 1 is 1.00 bits per heavy atom. The number of rotatable bonds is 7. The molecule has 1 heterocycles. The third kappa shape index (κ3) is 4.24. The lowest BCUT2D eigenvalue weighted by molar-refractivity contribution is -0.121. The first kappa shape index (κ1) is 20.0. The van der Waals surface area contributed by atoms with E-state index in [0.717, 1.165) is 38.5 Å². The van der Waals surface area contributed by atoms with Gasteiger partial charge in [-0.2, -0.15) is 0 Å². The van der Waals surface area contributed by atoms with Gasteiger partial charge in [0.2, 0.25) is 5.91 Å². The second-order valence-electron chi connectivity index (χ2n) is 7.39. The normalized spacial score (nSPS) is 16.8. The van der Waals surface area contributed by atoms with Gasteiger partial charge in [-0.05, 0) is 37.5 Å². The molecule has 150 valence electrons. The maximum Gasteiger partial charge on any atom is 0.261 e. The van der Waals surface area contributed by atoms with E-state index in [1.165, 1.54) is 11.0 Å². The summed E-state index contributed by atoms with van der Waals surface area (Å²) in [7, 11) is 0. The van der Waals surface area contributed by atoms with Gasteiger partial charge in [0.15, 0.2) is 0 Å². The number of hydrogen-bond donors (Lipinski definition) is 2. The summed E-state index contributed by atoms with van der Waals surface area (Å²) in [5.41, 5.74) is 1.02. The Balaban J connectivity index is 1.62. The molecule has 2 N–H and O–H groups in total. The fourth-order valence-corrected chi connectivity index (χ4v) is 3.87. The van der Waals surface area contributed by atoms with Gasteiger partial charge in [0, 0.05) is 31.1 Å². The average Bonchev–Trinajstić information content (AvgIpc) is 2.96. The molecule has 4 amide bonds. The van der Waals surface area contributed by atoms with Crippen molar-refractivity contribution in [2.24, 2.45) is 0 Å². The zero-order valence-corrected chi connectivity index (χ0v) is 16.3. The third-order valence-corrected chi connectivity index (χ3v) is 5.33. The van der Waals surface area contributed by atoms with Crippen LogP contribution in [-0.2, 0) is 4.79 Å². The quantitative estimate of drug-likeness (QED) is 0.556. The number of fused-ring (bicyclic) bond motifs is 1. The monoisotopic (exact) mass is 385 g/mol. The first-order valence-corrected chi connectivity index (χ1v) is 10.1. The lowest BCUT2D eigenvalue weighted by Crippen LogP contribution is -2.40. The zero-order valence-electron chi connectivity index (χ0n) is 16.3. The molecule has 0 saturated heterocycles. The highest BCUT2D eigenvalue weighted by Gasteiger charge is 2.40. The maximum absolute atomic E-state index is 12.8. The molecule has 1 fully saturated rings. The number of benzene rings is 1.